The zero-order valence-electron chi connectivity index (χ0n) is 27.2. The second-order valence-electron chi connectivity index (χ2n) is 11.3. The predicted molar refractivity (Wildman–Crippen MR) is 198 cm³/mol. The quantitative estimate of drug-likeness (QED) is 0.108. The number of aryl methyl sites for hydroxylation is 1. The van der Waals surface area contributed by atoms with Crippen molar-refractivity contribution in [1.29, 1.82) is 0 Å². The molecule has 3 N–H and O–H groups in total. The molecule has 11 heteroatoms. The van der Waals surface area contributed by atoms with Gasteiger partial charge in [-0.15, -0.1) is 0 Å². The third kappa shape index (κ3) is 8.41. The Morgan fingerprint density at radius 3 is 1.86 bits per heavy atom. The molecule has 248 valence electrons. The molecule has 3 aromatic heterocycles. The highest BCUT2D eigenvalue weighted by Crippen LogP contribution is 2.29. The molecule has 0 saturated carbocycles. The lowest BCUT2D eigenvalue weighted by Gasteiger charge is -2.12. The number of nitrogens with one attached hydrogen (secondary N) is 3. The van der Waals surface area contributed by atoms with Crippen LogP contribution in [0.15, 0.2) is 132 Å². The molecule has 0 aliphatic rings. The fourth-order valence-corrected chi connectivity index (χ4v) is 5.18. The van der Waals surface area contributed by atoms with E-state index < -0.39 is 0 Å². The van der Waals surface area contributed by atoms with Crippen LogP contribution >= 0.6 is 11.6 Å². The van der Waals surface area contributed by atoms with Gasteiger partial charge in [-0.1, -0.05) is 60.1 Å². The fraction of sp³-hybridized carbons (Fsp3) is 0.103. The molecule has 0 spiro atoms. The molecule has 0 amide bonds. The normalized spacial score (nSPS) is 10.8. The van der Waals surface area contributed by atoms with Crippen LogP contribution < -0.4 is 20.7 Å². The third-order valence-electron chi connectivity index (χ3n) is 7.77. The van der Waals surface area contributed by atoms with Gasteiger partial charge in [-0.25, -0.2) is 0 Å². The Balaban J connectivity index is 0.999. The molecular formula is C39H33ClN8O2. The molecule has 0 bridgehead atoms. The fourth-order valence-electron chi connectivity index (χ4n) is 5.06. The summed E-state index contributed by atoms with van der Waals surface area (Å²) in [5.41, 5.74) is 7.21. The van der Waals surface area contributed by atoms with Gasteiger partial charge in [0.25, 0.3) is 0 Å². The lowest BCUT2D eigenvalue weighted by Crippen LogP contribution is -2.07. The van der Waals surface area contributed by atoms with Gasteiger partial charge < -0.3 is 25.2 Å². The van der Waals surface area contributed by atoms with E-state index in [1.165, 1.54) is 5.56 Å². The van der Waals surface area contributed by atoms with Crippen molar-refractivity contribution in [2.24, 2.45) is 0 Å². The van der Waals surface area contributed by atoms with Crippen molar-refractivity contribution in [2.75, 3.05) is 22.6 Å². The number of rotatable bonds is 13. The molecule has 0 radical (unpaired) electrons. The number of hydrogen-bond donors (Lipinski definition) is 3. The summed E-state index contributed by atoms with van der Waals surface area (Å²) in [4.78, 5) is 18.2. The van der Waals surface area contributed by atoms with Gasteiger partial charge >= 0.3 is 0 Å². The summed E-state index contributed by atoms with van der Waals surface area (Å²) in [7, 11) is 0. The molecule has 4 aromatic carbocycles. The van der Waals surface area contributed by atoms with Crippen molar-refractivity contribution in [3.05, 3.63) is 144 Å². The lowest BCUT2D eigenvalue weighted by molar-refractivity contribution is 0.320. The molecular weight excluding hydrogens is 648 g/mol. The Kier molecular flexibility index (Phi) is 9.89. The monoisotopic (exact) mass is 680 g/mol. The topological polar surface area (TPSA) is 123 Å². The molecule has 10 nitrogen and oxygen atoms in total. The van der Waals surface area contributed by atoms with E-state index in [4.69, 9.17) is 20.9 Å². The van der Waals surface area contributed by atoms with Crippen LogP contribution in [0.25, 0.3) is 22.6 Å². The summed E-state index contributed by atoms with van der Waals surface area (Å²) in [6.07, 6.45) is 3.66. The summed E-state index contributed by atoms with van der Waals surface area (Å²) in [6, 6.07) is 38.7. The molecule has 50 heavy (non-hydrogen) atoms. The minimum Gasteiger partial charge on any atom is -0.493 e. The molecule has 0 fully saturated rings. The highest BCUT2D eigenvalue weighted by atomic mass is 35.5. The predicted octanol–water partition coefficient (Wildman–Crippen LogP) is 9.66. The van der Waals surface area contributed by atoms with E-state index in [1.807, 2.05) is 103 Å². The van der Waals surface area contributed by atoms with Crippen molar-refractivity contribution in [3.63, 3.8) is 0 Å². The summed E-state index contributed by atoms with van der Waals surface area (Å²) in [5.74, 6) is 2.56. The van der Waals surface area contributed by atoms with Crippen LogP contribution in [0.3, 0.4) is 0 Å². The second kappa shape index (κ2) is 15.3. The maximum atomic E-state index is 6.06. The Bertz CT molecular complexity index is 2140. The number of hydrogen-bond acceptors (Lipinski definition) is 10. The van der Waals surface area contributed by atoms with Gasteiger partial charge in [0.15, 0.2) is 5.76 Å². The van der Waals surface area contributed by atoms with Crippen molar-refractivity contribution < 1.29 is 9.26 Å². The average Bonchev–Trinajstić information content (AvgIpc) is 3.64. The molecule has 7 rings (SSSR count). The first-order chi connectivity index (χ1) is 24.6. The third-order valence-corrected chi connectivity index (χ3v) is 8.02. The van der Waals surface area contributed by atoms with Crippen molar-refractivity contribution in [2.45, 2.75) is 19.8 Å². The highest BCUT2D eigenvalue weighted by Gasteiger charge is 2.12. The van der Waals surface area contributed by atoms with Crippen molar-refractivity contribution in [3.8, 4) is 28.3 Å². The Hall–Kier alpha value is -6.26. The number of anilines is 6. The van der Waals surface area contributed by atoms with Gasteiger partial charge in [0.05, 0.1) is 6.61 Å². The molecule has 0 unspecified atom stereocenters. The average molecular weight is 681 g/mol. The van der Waals surface area contributed by atoms with Crippen LogP contribution in [0.2, 0.25) is 5.02 Å². The first-order valence-electron chi connectivity index (χ1n) is 16.2. The Morgan fingerprint density at radius 1 is 0.660 bits per heavy atom. The number of para-hydroxylation sites is 1. The van der Waals surface area contributed by atoms with E-state index in [-0.39, 0.29) is 0 Å². The van der Waals surface area contributed by atoms with Crippen molar-refractivity contribution in [1.82, 2.24) is 25.1 Å². The van der Waals surface area contributed by atoms with E-state index in [1.54, 1.807) is 12.1 Å². The first-order valence-corrected chi connectivity index (χ1v) is 16.6. The van der Waals surface area contributed by atoms with Gasteiger partial charge in [-0.2, -0.15) is 15.0 Å². The number of benzene rings is 4. The maximum Gasteiger partial charge on any atom is 0.233 e. The van der Waals surface area contributed by atoms with Gasteiger partial charge in [-0.3, -0.25) is 4.98 Å². The number of nitrogens with zero attached hydrogens (tertiary/aromatic N) is 5. The summed E-state index contributed by atoms with van der Waals surface area (Å²) >= 11 is 6.06. The van der Waals surface area contributed by atoms with Gasteiger partial charge in [0.2, 0.25) is 17.8 Å². The van der Waals surface area contributed by atoms with Crippen LogP contribution in [-0.2, 0) is 12.8 Å². The van der Waals surface area contributed by atoms with Gasteiger partial charge in [-0.05, 0) is 90.8 Å². The highest BCUT2D eigenvalue weighted by molar-refractivity contribution is 6.30. The zero-order chi connectivity index (χ0) is 34.1. The Labute approximate surface area is 294 Å². The number of aromatic nitrogens is 5. The smallest absolute Gasteiger partial charge is 0.233 e. The van der Waals surface area contributed by atoms with E-state index in [0.717, 1.165) is 58.2 Å². The standard InChI is InChI=1S/C39H33ClN8O2/c1-2-26-8-15-30(41-25-26)22-23-49-34-20-11-28(12-21-34)36-24-35(48-50-36)27-9-16-32(17-10-27)43-38-45-37(42-31-6-4-3-5-7-31)46-39(47-38)44-33-18-13-29(40)14-19-33/h3-21,24-25H,2,22-23H2,1H3,(H3,42,43,44,45,46,47). The number of pyridine rings is 1. The van der Waals surface area contributed by atoms with Gasteiger partial charge in [0.1, 0.15) is 11.4 Å². The van der Waals surface area contributed by atoms with Crippen LogP contribution in [0, 0.1) is 0 Å². The molecule has 3 heterocycles. The summed E-state index contributed by atoms with van der Waals surface area (Å²) < 4.78 is 11.6. The first kappa shape index (κ1) is 32.3. The van der Waals surface area contributed by atoms with Crippen LogP contribution in [0.4, 0.5) is 34.9 Å². The SMILES string of the molecule is CCc1ccc(CCOc2ccc(-c3cc(-c4ccc(Nc5nc(Nc6ccccc6)nc(Nc6ccc(Cl)cc6)n5)cc4)no3)cc2)nc1. The van der Waals surface area contributed by atoms with Crippen LogP contribution in [0.1, 0.15) is 18.2 Å². The van der Waals surface area contributed by atoms with Crippen LogP contribution in [0.5, 0.6) is 5.75 Å². The molecule has 7 aromatic rings. The van der Waals surface area contributed by atoms with Crippen molar-refractivity contribution >= 4 is 46.5 Å². The van der Waals surface area contributed by atoms with E-state index >= 15 is 0 Å². The number of ether oxygens (including phenoxy) is 1. The largest absolute Gasteiger partial charge is 0.493 e. The molecule has 0 atom stereocenters. The molecule has 0 aliphatic carbocycles. The molecule has 0 aliphatic heterocycles. The summed E-state index contributed by atoms with van der Waals surface area (Å²) in [6.45, 7) is 2.67. The molecule has 0 saturated heterocycles. The van der Waals surface area contributed by atoms with Gasteiger partial charge in [0, 0.05) is 57.6 Å². The summed E-state index contributed by atoms with van der Waals surface area (Å²) in [5, 5.41) is 14.7. The van der Waals surface area contributed by atoms with Crippen LogP contribution in [-0.4, -0.2) is 31.7 Å². The minimum absolute atomic E-state index is 0.362. The maximum absolute atomic E-state index is 6.06. The lowest BCUT2D eigenvalue weighted by atomic mass is 10.1. The number of halogens is 1. The van der Waals surface area contributed by atoms with E-state index in [2.05, 4.69) is 60.1 Å². The van der Waals surface area contributed by atoms with E-state index in [0.29, 0.717) is 35.2 Å². The minimum atomic E-state index is 0.362. The Morgan fingerprint density at radius 2 is 1.26 bits per heavy atom. The zero-order valence-corrected chi connectivity index (χ0v) is 27.9. The second-order valence-corrected chi connectivity index (χ2v) is 11.8. The van der Waals surface area contributed by atoms with E-state index in [9.17, 15) is 0 Å².